The van der Waals surface area contributed by atoms with Crippen LogP contribution in [0.2, 0.25) is 0 Å². The smallest absolute Gasteiger partial charge is 0.252 e. The van der Waals surface area contributed by atoms with Crippen LogP contribution in [0.4, 0.5) is 5.69 Å². The Labute approximate surface area is 212 Å². The van der Waals surface area contributed by atoms with Crippen LogP contribution in [0, 0.1) is 22.7 Å². The zero-order valence-electron chi connectivity index (χ0n) is 20.7. The molecule has 3 N–H and O–H groups in total. The van der Waals surface area contributed by atoms with Gasteiger partial charge in [0.2, 0.25) is 5.91 Å². The number of nitriles is 1. The average Bonchev–Trinajstić information content (AvgIpc) is 3.21. The Morgan fingerprint density at radius 3 is 2.76 bits per heavy atom. The molecule has 2 atom stereocenters. The number of carbonyl (C=O) groups is 2. The van der Waals surface area contributed by atoms with Gasteiger partial charge in [-0.25, -0.2) is 9.50 Å². The number of anilines is 1. The Balaban J connectivity index is 1.36. The number of carbonyl (C=O) groups excluding carboxylic acids is 2. The van der Waals surface area contributed by atoms with Crippen molar-refractivity contribution in [2.75, 3.05) is 18.4 Å². The van der Waals surface area contributed by atoms with Crippen molar-refractivity contribution in [1.29, 1.82) is 5.26 Å². The molecule has 3 aromatic heterocycles. The summed E-state index contributed by atoms with van der Waals surface area (Å²) in [4.78, 5) is 32.0. The molecule has 0 bridgehead atoms. The van der Waals surface area contributed by atoms with Crippen LogP contribution in [-0.2, 0) is 11.8 Å². The summed E-state index contributed by atoms with van der Waals surface area (Å²) in [7, 11) is 1.90. The van der Waals surface area contributed by atoms with Gasteiger partial charge >= 0.3 is 0 Å². The highest BCUT2D eigenvalue weighted by Gasteiger charge is 2.54. The van der Waals surface area contributed by atoms with Crippen molar-refractivity contribution in [1.82, 2.24) is 29.3 Å². The predicted octanol–water partition coefficient (Wildman–Crippen LogP) is 2.33. The lowest BCUT2D eigenvalue weighted by atomic mass is 10.0. The van der Waals surface area contributed by atoms with E-state index in [1.807, 2.05) is 36.1 Å². The molecule has 1 aliphatic carbocycles. The first-order valence-corrected chi connectivity index (χ1v) is 12.4. The number of imidazole rings is 1. The Morgan fingerprint density at radius 2 is 2.05 bits per heavy atom. The summed E-state index contributed by atoms with van der Waals surface area (Å²) in [6.45, 7) is 3.08. The number of hydrogen-bond donors (Lipinski definition) is 2. The minimum absolute atomic E-state index is 0.0957. The monoisotopic (exact) mass is 497 g/mol. The van der Waals surface area contributed by atoms with E-state index in [1.165, 1.54) is 6.20 Å². The van der Waals surface area contributed by atoms with Crippen LogP contribution in [-0.4, -0.2) is 60.2 Å². The van der Waals surface area contributed by atoms with Crippen molar-refractivity contribution in [3.8, 4) is 17.3 Å². The topological polar surface area (TPSA) is 147 Å². The molecule has 4 aromatic rings. The number of benzene rings is 1. The quantitative estimate of drug-likeness (QED) is 0.415. The van der Waals surface area contributed by atoms with Crippen molar-refractivity contribution in [2.45, 2.75) is 32.2 Å². The van der Waals surface area contributed by atoms with E-state index in [0.29, 0.717) is 43.0 Å². The number of nitrogens with one attached hydrogen (secondary N) is 1. The number of aromatic nitrogens is 5. The molecular weight excluding hydrogens is 470 g/mol. The molecule has 0 spiro atoms. The zero-order chi connectivity index (χ0) is 25.9. The second kappa shape index (κ2) is 8.30. The number of amides is 2. The van der Waals surface area contributed by atoms with Crippen molar-refractivity contribution in [3.05, 3.63) is 42.4 Å². The van der Waals surface area contributed by atoms with Crippen LogP contribution in [0.15, 0.2) is 36.8 Å². The third-order valence-corrected chi connectivity index (χ3v) is 7.76. The van der Waals surface area contributed by atoms with Gasteiger partial charge in [0.1, 0.15) is 5.41 Å². The molecule has 1 aromatic carbocycles. The van der Waals surface area contributed by atoms with Crippen LogP contribution in [0.25, 0.3) is 27.8 Å². The van der Waals surface area contributed by atoms with Gasteiger partial charge in [-0.3, -0.25) is 14.3 Å². The van der Waals surface area contributed by atoms with Gasteiger partial charge in [-0.05, 0) is 37.3 Å². The van der Waals surface area contributed by atoms with Gasteiger partial charge in [0, 0.05) is 37.1 Å². The molecule has 0 unspecified atom stereocenters. The summed E-state index contributed by atoms with van der Waals surface area (Å²) in [5.41, 5.74) is 8.68. The lowest BCUT2D eigenvalue weighted by molar-refractivity contribution is -0.134. The minimum Gasteiger partial charge on any atom is -0.376 e. The number of aryl methyl sites for hydroxylation is 1. The fourth-order valence-electron chi connectivity index (χ4n) is 5.33. The van der Waals surface area contributed by atoms with E-state index in [9.17, 15) is 14.9 Å². The molecule has 1 saturated heterocycles. The first-order valence-electron chi connectivity index (χ1n) is 12.4. The van der Waals surface area contributed by atoms with E-state index in [0.717, 1.165) is 22.9 Å². The highest BCUT2D eigenvalue weighted by molar-refractivity contribution is 6.01. The van der Waals surface area contributed by atoms with Crippen LogP contribution in [0.5, 0.6) is 0 Å². The van der Waals surface area contributed by atoms with Gasteiger partial charge in [-0.1, -0.05) is 13.0 Å². The summed E-state index contributed by atoms with van der Waals surface area (Å²) >= 11 is 0. The molecule has 37 heavy (non-hydrogen) atoms. The maximum atomic E-state index is 13.0. The molecule has 11 nitrogen and oxygen atoms in total. The van der Waals surface area contributed by atoms with Crippen LogP contribution in [0.1, 0.15) is 36.5 Å². The van der Waals surface area contributed by atoms with Crippen molar-refractivity contribution in [2.24, 2.45) is 24.1 Å². The summed E-state index contributed by atoms with van der Waals surface area (Å²) in [5.74, 6) is -0.560. The van der Waals surface area contributed by atoms with Gasteiger partial charge < -0.3 is 16.0 Å². The molecule has 2 amide bonds. The molecule has 6 rings (SSSR count). The number of fused-ring (bicyclic) bond motifs is 2. The summed E-state index contributed by atoms with van der Waals surface area (Å²) in [6.07, 6.45) is 7.13. The van der Waals surface area contributed by atoms with Crippen molar-refractivity contribution >= 4 is 34.1 Å². The molecule has 1 saturated carbocycles. The molecule has 2 aliphatic rings. The van der Waals surface area contributed by atoms with E-state index in [1.54, 1.807) is 15.6 Å². The Bertz CT molecular complexity index is 1610. The van der Waals surface area contributed by atoms with E-state index >= 15 is 0 Å². The highest BCUT2D eigenvalue weighted by Crippen LogP contribution is 2.47. The summed E-state index contributed by atoms with van der Waals surface area (Å²) in [6, 6.07) is 8.07. The molecule has 0 radical (unpaired) electrons. The minimum atomic E-state index is -0.858. The lowest BCUT2D eigenvalue weighted by Crippen LogP contribution is -2.36. The SMILES string of the molecule is CC[C@@H]1CN(C(=O)C2(C#N)CC2)C[C@H]1Nc1c(C(N)=O)cnn2cc(-c3ccc4c(cnn4C)c3)nc12. The van der Waals surface area contributed by atoms with E-state index in [2.05, 4.69) is 28.5 Å². The zero-order valence-corrected chi connectivity index (χ0v) is 20.7. The van der Waals surface area contributed by atoms with Crippen molar-refractivity contribution in [3.63, 3.8) is 0 Å². The van der Waals surface area contributed by atoms with Crippen LogP contribution < -0.4 is 11.1 Å². The molecular formula is C26H27N9O2. The Kier molecular flexibility index (Phi) is 5.15. The third-order valence-electron chi connectivity index (χ3n) is 7.76. The van der Waals surface area contributed by atoms with Crippen LogP contribution >= 0.6 is 0 Å². The normalized spacial score (nSPS) is 20.3. The molecule has 4 heterocycles. The summed E-state index contributed by atoms with van der Waals surface area (Å²) in [5, 5.41) is 22.7. The summed E-state index contributed by atoms with van der Waals surface area (Å²) < 4.78 is 3.44. The average molecular weight is 498 g/mol. The second-order valence-electron chi connectivity index (χ2n) is 10.1. The maximum absolute atomic E-state index is 13.0. The molecule has 1 aliphatic heterocycles. The predicted molar refractivity (Wildman–Crippen MR) is 136 cm³/mol. The first kappa shape index (κ1) is 23.0. The second-order valence-corrected chi connectivity index (χ2v) is 10.1. The fourth-order valence-corrected chi connectivity index (χ4v) is 5.33. The fraction of sp³-hybridized carbons (Fsp3) is 0.385. The Morgan fingerprint density at radius 1 is 1.24 bits per heavy atom. The number of nitrogens with two attached hydrogens (primary N) is 1. The number of rotatable bonds is 6. The number of nitrogens with zero attached hydrogens (tertiary/aromatic N) is 7. The molecule has 188 valence electrons. The van der Waals surface area contributed by atoms with E-state index in [-0.39, 0.29) is 23.4 Å². The van der Waals surface area contributed by atoms with Gasteiger partial charge in [0.25, 0.3) is 5.91 Å². The van der Waals surface area contributed by atoms with Crippen molar-refractivity contribution < 1.29 is 9.59 Å². The third kappa shape index (κ3) is 3.67. The van der Waals surface area contributed by atoms with Gasteiger partial charge in [-0.2, -0.15) is 15.5 Å². The van der Waals surface area contributed by atoms with E-state index in [4.69, 9.17) is 10.7 Å². The number of hydrogen-bond acceptors (Lipinski definition) is 7. The Hall–Kier alpha value is -4.46. The van der Waals surface area contributed by atoms with E-state index < -0.39 is 11.3 Å². The highest BCUT2D eigenvalue weighted by atomic mass is 16.2. The van der Waals surface area contributed by atoms with Gasteiger partial charge in [0.05, 0.1) is 47.1 Å². The van der Waals surface area contributed by atoms with Gasteiger partial charge in [0.15, 0.2) is 5.65 Å². The van der Waals surface area contributed by atoms with Crippen LogP contribution in [0.3, 0.4) is 0 Å². The maximum Gasteiger partial charge on any atom is 0.252 e. The first-order chi connectivity index (χ1) is 17.8. The standard InChI is InChI=1S/C26H27N9O2/c1-3-15-11-34(25(37)26(14-27)6-7-26)12-19(15)31-22-18(23(28)36)10-30-35-13-20(32-24(22)35)16-4-5-21-17(8-16)9-29-33(21)2/h4-5,8-10,13,15,19,31H,3,6-7,11-12H2,1-2H3,(H2,28,36)/t15-,19-/m1/s1. The molecule has 2 fully saturated rings. The number of likely N-dealkylation sites (tertiary alicyclic amines) is 1. The lowest BCUT2D eigenvalue weighted by Gasteiger charge is -2.21. The molecule has 11 heteroatoms. The van der Waals surface area contributed by atoms with Gasteiger partial charge in [-0.15, -0.1) is 0 Å². The largest absolute Gasteiger partial charge is 0.376 e. The number of primary amides is 1.